The zero-order valence-corrected chi connectivity index (χ0v) is 9.49. The molecule has 0 N–H and O–H groups in total. The largest absolute Gasteiger partial charge is 0.351 e. The van der Waals surface area contributed by atoms with E-state index in [1.807, 2.05) is 6.07 Å². The fourth-order valence-corrected chi connectivity index (χ4v) is 2.77. The quantitative estimate of drug-likeness (QED) is 0.558. The Bertz CT molecular complexity index is 503. The minimum absolute atomic E-state index is 0.274. The molecule has 0 saturated carbocycles. The average molecular weight is 214 g/mol. The summed E-state index contributed by atoms with van der Waals surface area (Å²) in [5.41, 5.74) is 2.92. The molecule has 0 radical (unpaired) electrons. The predicted molar refractivity (Wildman–Crippen MR) is 61.1 cm³/mol. The molecule has 2 atom stereocenters. The fraction of sp³-hybridized carbons (Fsp3) is 0.357. The van der Waals surface area contributed by atoms with Crippen LogP contribution in [0.5, 0.6) is 0 Å². The summed E-state index contributed by atoms with van der Waals surface area (Å²) in [7, 11) is 0. The Morgan fingerprint density at radius 2 is 1.88 bits per heavy atom. The second-order valence-corrected chi connectivity index (χ2v) is 4.90. The van der Waals surface area contributed by atoms with Gasteiger partial charge in [0.15, 0.2) is 0 Å². The minimum Gasteiger partial charge on any atom is -0.351 e. The SMILES string of the molecule is CC12C=CC(C)(O1)c1cc(CC=O)ccc12. The van der Waals surface area contributed by atoms with Gasteiger partial charge in [-0.3, -0.25) is 0 Å². The van der Waals surface area contributed by atoms with Gasteiger partial charge in [0.25, 0.3) is 0 Å². The van der Waals surface area contributed by atoms with Gasteiger partial charge in [-0.15, -0.1) is 0 Å². The van der Waals surface area contributed by atoms with Gasteiger partial charge in [-0.05, 0) is 42.7 Å². The second-order valence-electron chi connectivity index (χ2n) is 4.90. The second kappa shape index (κ2) is 2.83. The number of carbonyl (C=O) groups excluding carboxylic acids is 1. The standard InChI is InChI=1S/C14H14O2/c1-13-6-7-14(2,16-13)12-9-10(5-8-15)3-4-11(12)13/h3-4,6-9H,5H2,1-2H3. The summed E-state index contributed by atoms with van der Waals surface area (Å²) >= 11 is 0. The van der Waals surface area contributed by atoms with Gasteiger partial charge < -0.3 is 9.53 Å². The lowest BCUT2D eigenvalue weighted by atomic mass is 9.82. The van der Waals surface area contributed by atoms with Crippen LogP contribution < -0.4 is 0 Å². The average Bonchev–Trinajstić information content (AvgIpc) is 2.67. The smallest absolute Gasteiger partial charge is 0.124 e. The van der Waals surface area contributed by atoms with Crippen molar-refractivity contribution in [3.8, 4) is 0 Å². The third kappa shape index (κ3) is 1.08. The molecule has 1 aromatic rings. The first kappa shape index (κ1) is 9.79. The number of hydrogen-bond acceptors (Lipinski definition) is 2. The van der Waals surface area contributed by atoms with Crippen molar-refractivity contribution in [1.82, 2.24) is 0 Å². The molecule has 1 aromatic carbocycles. The number of carbonyl (C=O) groups is 1. The monoisotopic (exact) mass is 214 g/mol. The van der Waals surface area contributed by atoms with Crippen LogP contribution in [-0.4, -0.2) is 6.29 Å². The number of hydrogen-bond donors (Lipinski definition) is 0. The van der Waals surface area contributed by atoms with Gasteiger partial charge in [-0.25, -0.2) is 0 Å². The Balaban J connectivity index is 2.17. The fourth-order valence-electron chi connectivity index (χ4n) is 2.77. The normalized spacial score (nSPS) is 34.1. The first-order valence-electron chi connectivity index (χ1n) is 5.55. The van der Waals surface area contributed by atoms with E-state index in [4.69, 9.17) is 4.74 Å². The number of ether oxygens (including phenoxy) is 1. The summed E-state index contributed by atoms with van der Waals surface area (Å²) in [6.45, 7) is 4.16. The molecule has 0 amide bonds. The summed E-state index contributed by atoms with van der Waals surface area (Å²) in [6, 6.07) is 6.20. The van der Waals surface area contributed by atoms with E-state index in [0.29, 0.717) is 6.42 Å². The van der Waals surface area contributed by atoms with E-state index in [9.17, 15) is 4.79 Å². The first-order valence-corrected chi connectivity index (χ1v) is 5.55. The number of aldehydes is 1. The van der Waals surface area contributed by atoms with Gasteiger partial charge in [-0.1, -0.05) is 18.2 Å². The van der Waals surface area contributed by atoms with E-state index in [1.54, 1.807) is 0 Å². The molecule has 2 aliphatic rings. The van der Waals surface area contributed by atoms with Crippen molar-refractivity contribution in [1.29, 1.82) is 0 Å². The van der Waals surface area contributed by atoms with Crippen LogP contribution in [0.15, 0.2) is 30.4 Å². The molecule has 0 aliphatic carbocycles. The van der Waals surface area contributed by atoms with Gasteiger partial charge >= 0.3 is 0 Å². The minimum atomic E-state index is -0.303. The molecule has 0 aromatic heterocycles. The van der Waals surface area contributed by atoms with Crippen molar-refractivity contribution < 1.29 is 9.53 Å². The van der Waals surface area contributed by atoms with Crippen LogP contribution >= 0.6 is 0 Å². The highest BCUT2D eigenvalue weighted by Crippen LogP contribution is 2.53. The van der Waals surface area contributed by atoms with Gasteiger partial charge in [0.05, 0.1) is 0 Å². The third-order valence-electron chi connectivity index (χ3n) is 3.62. The van der Waals surface area contributed by atoms with E-state index in [1.165, 1.54) is 11.1 Å². The van der Waals surface area contributed by atoms with Gasteiger partial charge in [-0.2, -0.15) is 0 Å². The van der Waals surface area contributed by atoms with E-state index in [0.717, 1.165) is 11.8 Å². The summed E-state index contributed by atoms with van der Waals surface area (Å²) in [4.78, 5) is 10.5. The zero-order chi connectivity index (χ0) is 11.4. The van der Waals surface area contributed by atoms with Gasteiger partial charge in [0.2, 0.25) is 0 Å². The number of benzene rings is 1. The lowest BCUT2D eigenvalue weighted by Gasteiger charge is -2.18. The number of fused-ring (bicyclic) bond motifs is 5. The maximum atomic E-state index is 10.5. The summed E-state index contributed by atoms with van der Waals surface area (Å²) in [5.74, 6) is 0. The molecule has 3 rings (SSSR count). The highest BCUT2D eigenvalue weighted by molar-refractivity contribution is 5.58. The van der Waals surface area contributed by atoms with E-state index < -0.39 is 0 Å². The van der Waals surface area contributed by atoms with Crippen molar-refractivity contribution in [3.63, 3.8) is 0 Å². The lowest BCUT2D eigenvalue weighted by Crippen LogP contribution is -2.17. The molecule has 2 bridgehead atoms. The van der Waals surface area contributed by atoms with Crippen LogP contribution in [0.1, 0.15) is 30.5 Å². The van der Waals surface area contributed by atoms with Crippen LogP contribution in [0.25, 0.3) is 0 Å². The Labute approximate surface area is 94.9 Å². The van der Waals surface area contributed by atoms with Crippen LogP contribution in [-0.2, 0) is 27.2 Å². The molecule has 2 aliphatic heterocycles. The van der Waals surface area contributed by atoms with Gasteiger partial charge in [0.1, 0.15) is 17.5 Å². The Morgan fingerprint density at radius 3 is 2.56 bits per heavy atom. The Kier molecular flexibility index (Phi) is 1.73. The molecule has 0 spiro atoms. The molecule has 16 heavy (non-hydrogen) atoms. The predicted octanol–water partition coefficient (Wildman–Crippen LogP) is 2.46. The summed E-state index contributed by atoms with van der Waals surface area (Å²) in [6.07, 6.45) is 5.65. The Morgan fingerprint density at radius 1 is 1.19 bits per heavy atom. The van der Waals surface area contributed by atoms with Crippen molar-refractivity contribution in [3.05, 3.63) is 47.0 Å². The van der Waals surface area contributed by atoms with Gasteiger partial charge in [0, 0.05) is 6.42 Å². The maximum absolute atomic E-state index is 10.5. The van der Waals surface area contributed by atoms with Crippen molar-refractivity contribution >= 4 is 6.29 Å². The van der Waals surface area contributed by atoms with Crippen LogP contribution in [0.2, 0.25) is 0 Å². The molecular formula is C14H14O2. The van der Waals surface area contributed by atoms with Crippen molar-refractivity contribution in [2.24, 2.45) is 0 Å². The third-order valence-corrected chi connectivity index (χ3v) is 3.62. The van der Waals surface area contributed by atoms with E-state index >= 15 is 0 Å². The zero-order valence-electron chi connectivity index (χ0n) is 9.49. The summed E-state index contributed by atoms with van der Waals surface area (Å²) < 4.78 is 6.05. The lowest BCUT2D eigenvalue weighted by molar-refractivity contribution is -0.107. The van der Waals surface area contributed by atoms with Crippen LogP contribution in [0.4, 0.5) is 0 Å². The maximum Gasteiger partial charge on any atom is 0.124 e. The molecule has 0 fully saturated rings. The van der Waals surface area contributed by atoms with E-state index in [-0.39, 0.29) is 11.2 Å². The van der Waals surface area contributed by atoms with Crippen molar-refractivity contribution in [2.45, 2.75) is 31.5 Å². The highest BCUT2D eigenvalue weighted by Gasteiger charge is 2.50. The molecule has 2 heteroatoms. The topological polar surface area (TPSA) is 26.3 Å². The molecule has 0 saturated heterocycles. The molecule has 2 nitrogen and oxygen atoms in total. The van der Waals surface area contributed by atoms with E-state index in [2.05, 4.69) is 38.1 Å². The molecule has 2 heterocycles. The molecule has 82 valence electrons. The Hall–Kier alpha value is -1.41. The molecular weight excluding hydrogens is 200 g/mol. The van der Waals surface area contributed by atoms with Crippen LogP contribution in [0.3, 0.4) is 0 Å². The van der Waals surface area contributed by atoms with Crippen molar-refractivity contribution in [2.75, 3.05) is 0 Å². The molecule has 2 unspecified atom stereocenters. The first-order chi connectivity index (χ1) is 7.57. The summed E-state index contributed by atoms with van der Waals surface area (Å²) in [5, 5.41) is 0. The van der Waals surface area contributed by atoms with Crippen LogP contribution in [0, 0.1) is 0 Å². The number of rotatable bonds is 2. The highest BCUT2D eigenvalue weighted by atomic mass is 16.5.